The highest BCUT2D eigenvalue weighted by Gasteiger charge is 2.20. The molecule has 0 bridgehead atoms. The standard InChI is InChI=1S/C12H10ClF2NS/c1-6-2-3-7(10(15)9(6)14)11(16)12-8(13)4-5-17-12/h2-5,11H,16H2,1H3. The Balaban J connectivity index is 2.48. The van der Waals surface area contributed by atoms with Gasteiger partial charge in [-0.25, -0.2) is 8.78 Å². The van der Waals surface area contributed by atoms with Crippen LogP contribution in [-0.4, -0.2) is 0 Å². The fourth-order valence-electron chi connectivity index (χ4n) is 1.57. The second kappa shape index (κ2) is 4.72. The average molecular weight is 274 g/mol. The molecule has 2 aromatic rings. The SMILES string of the molecule is Cc1ccc(C(N)c2sccc2Cl)c(F)c1F. The molecule has 0 aliphatic heterocycles. The van der Waals surface area contributed by atoms with Crippen molar-refractivity contribution in [2.45, 2.75) is 13.0 Å². The maximum atomic E-state index is 13.7. The molecule has 17 heavy (non-hydrogen) atoms. The number of aryl methyl sites for hydroxylation is 1. The van der Waals surface area contributed by atoms with E-state index in [1.807, 2.05) is 0 Å². The van der Waals surface area contributed by atoms with Gasteiger partial charge in [0.15, 0.2) is 11.6 Å². The van der Waals surface area contributed by atoms with E-state index in [0.29, 0.717) is 9.90 Å². The molecule has 1 nitrogen and oxygen atoms in total. The van der Waals surface area contributed by atoms with E-state index in [-0.39, 0.29) is 11.1 Å². The molecule has 1 aromatic carbocycles. The van der Waals surface area contributed by atoms with Gasteiger partial charge in [0.1, 0.15) is 0 Å². The van der Waals surface area contributed by atoms with Crippen LogP contribution in [0.3, 0.4) is 0 Å². The van der Waals surface area contributed by atoms with Crippen LogP contribution in [0.1, 0.15) is 22.0 Å². The van der Waals surface area contributed by atoms with E-state index < -0.39 is 17.7 Å². The summed E-state index contributed by atoms with van der Waals surface area (Å²) in [6.07, 6.45) is 0. The Morgan fingerprint density at radius 1 is 1.24 bits per heavy atom. The molecule has 0 saturated carbocycles. The van der Waals surface area contributed by atoms with Crippen molar-refractivity contribution in [1.29, 1.82) is 0 Å². The Bertz CT molecular complexity index is 553. The average Bonchev–Trinajstić information content (AvgIpc) is 2.72. The van der Waals surface area contributed by atoms with Crippen molar-refractivity contribution < 1.29 is 8.78 Å². The maximum Gasteiger partial charge on any atom is 0.164 e. The molecule has 0 saturated heterocycles. The third-order valence-electron chi connectivity index (χ3n) is 2.57. The Labute approximate surface area is 107 Å². The predicted octanol–water partition coefficient (Wildman–Crippen LogP) is 4.04. The van der Waals surface area contributed by atoms with Gasteiger partial charge in [-0.2, -0.15) is 0 Å². The summed E-state index contributed by atoms with van der Waals surface area (Å²) in [5, 5.41) is 2.24. The Kier molecular flexibility index (Phi) is 3.47. The number of thiophene rings is 1. The Morgan fingerprint density at radius 3 is 2.53 bits per heavy atom. The fraction of sp³-hybridized carbons (Fsp3) is 0.167. The monoisotopic (exact) mass is 273 g/mol. The highest BCUT2D eigenvalue weighted by Crippen LogP contribution is 2.33. The zero-order valence-electron chi connectivity index (χ0n) is 9.01. The lowest BCUT2D eigenvalue weighted by molar-refractivity contribution is 0.490. The molecule has 90 valence electrons. The van der Waals surface area contributed by atoms with Crippen molar-refractivity contribution in [2.75, 3.05) is 0 Å². The van der Waals surface area contributed by atoms with Gasteiger partial charge in [-0.3, -0.25) is 0 Å². The summed E-state index contributed by atoms with van der Waals surface area (Å²) in [7, 11) is 0. The number of hydrogen-bond acceptors (Lipinski definition) is 2. The van der Waals surface area contributed by atoms with Crippen molar-refractivity contribution in [3.8, 4) is 0 Å². The molecule has 0 fully saturated rings. The lowest BCUT2D eigenvalue weighted by Gasteiger charge is -2.13. The van der Waals surface area contributed by atoms with Crippen molar-refractivity contribution in [1.82, 2.24) is 0 Å². The summed E-state index contributed by atoms with van der Waals surface area (Å²) in [6, 6.07) is 3.95. The fourth-order valence-corrected chi connectivity index (χ4v) is 2.76. The lowest BCUT2D eigenvalue weighted by Crippen LogP contribution is -2.14. The summed E-state index contributed by atoms with van der Waals surface area (Å²) >= 11 is 7.25. The summed E-state index contributed by atoms with van der Waals surface area (Å²) in [6.45, 7) is 1.51. The van der Waals surface area contributed by atoms with Crippen LogP contribution >= 0.6 is 22.9 Å². The maximum absolute atomic E-state index is 13.7. The van der Waals surface area contributed by atoms with Gasteiger partial charge in [-0.15, -0.1) is 11.3 Å². The van der Waals surface area contributed by atoms with Crippen LogP contribution < -0.4 is 5.73 Å². The number of halogens is 3. The summed E-state index contributed by atoms with van der Waals surface area (Å²) in [5.74, 6) is -1.76. The molecule has 2 N–H and O–H groups in total. The van der Waals surface area contributed by atoms with Crippen LogP contribution in [0, 0.1) is 18.6 Å². The molecule has 0 amide bonds. The zero-order valence-corrected chi connectivity index (χ0v) is 10.6. The van der Waals surface area contributed by atoms with Crippen LogP contribution in [0.2, 0.25) is 5.02 Å². The highest BCUT2D eigenvalue weighted by molar-refractivity contribution is 7.10. The van der Waals surface area contributed by atoms with Crippen molar-refractivity contribution in [3.05, 3.63) is 56.2 Å². The topological polar surface area (TPSA) is 26.0 Å². The van der Waals surface area contributed by atoms with Gasteiger partial charge in [0.05, 0.1) is 11.1 Å². The van der Waals surface area contributed by atoms with Crippen LogP contribution in [0.5, 0.6) is 0 Å². The van der Waals surface area contributed by atoms with Gasteiger partial charge >= 0.3 is 0 Å². The van der Waals surface area contributed by atoms with Gasteiger partial charge < -0.3 is 5.73 Å². The minimum atomic E-state index is -0.901. The van der Waals surface area contributed by atoms with E-state index >= 15 is 0 Å². The second-order valence-corrected chi connectivity index (χ2v) is 5.07. The largest absolute Gasteiger partial charge is 0.319 e. The van der Waals surface area contributed by atoms with Crippen LogP contribution in [0.4, 0.5) is 8.78 Å². The minimum Gasteiger partial charge on any atom is -0.319 e. The highest BCUT2D eigenvalue weighted by atomic mass is 35.5. The van der Waals surface area contributed by atoms with Gasteiger partial charge in [0, 0.05) is 10.4 Å². The third kappa shape index (κ3) is 2.20. The van der Waals surface area contributed by atoms with Gasteiger partial charge in [-0.05, 0) is 23.9 Å². The Hall–Kier alpha value is -0.970. The molecule has 1 heterocycles. The van der Waals surface area contributed by atoms with Crippen LogP contribution in [0.15, 0.2) is 23.6 Å². The molecule has 1 atom stereocenters. The van der Waals surface area contributed by atoms with Gasteiger partial charge in [0.25, 0.3) is 0 Å². The summed E-state index contributed by atoms with van der Waals surface area (Å²) < 4.78 is 27.2. The van der Waals surface area contributed by atoms with Crippen molar-refractivity contribution in [2.24, 2.45) is 5.73 Å². The number of rotatable bonds is 2. The molecule has 1 aromatic heterocycles. The lowest BCUT2D eigenvalue weighted by atomic mass is 10.0. The first-order valence-electron chi connectivity index (χ1n) is 4.95. The van der Waals surface area contributed by atoms with E-state index in [1.54, 1.807) is 11.4 Å². The molecular formula is C12H10ClF2NS. The molecule has 0 aliphatic carbocycles. The van der Waals surface area contributed by atoms with Crippen molar-refractivity contribution >= 4 is 22.9 Å². The normalized spacial score (nSPS) is 12.8. The van der Waals surface area contributed by atoms with Gasteiger partial charge in [0.2, 0.25) is 0 Å². The summed E-state index contributed by atoms with van der Waals surface area (Å²) in [4.78, 5) is 0.633. The molecule has 1 unspecified atom stereocenters. The van der Waals surface area contributed by atoms with E-state index in [9.17, 15) is 8.78 Å². The third-order valence-corrected chi connectivity index (χ3v) is 4.01. The molecule has 5 heteroatoms. The predicted molar refractivity (Wildman–Crippen MR) is 66.5 cm³/mol. The minimum absolute atomic E-state index is 0.123. The first kappa shape index (κ1) is 12.5. The summed E-state index contributed by atoms with van der Waals surface area (Å²) in [5.41, 5.74) is 6.28. The smallest absolute Gasteiger partial charge is 0.164 e. The number of nitrogens with two attached hydrogens (primary N) is 1. The second-order valence-electron chi connectivity index (χ2n) is 3.71. The van der Waals surface area contributed by atoms with E-state index in [0.717, 1.165) is 0 Å². The molecular weight excluding hydrogens is 264 g/mol. The van der Waals surface area contributed by atoms with Crippen molar-refractivity contribution in [3.63, 3.8) is 0 Å². The first-order chi connectivity index (χ1) is 8.02. The first-order valence-corrected chi connectivity index (χ1v) is 6.21. The van der Waals surface area contributed by atoms with E-state index in [4.69, 9.17) is 17.3 Å². The quantitative estimate of drug-likeness (QED) is 0.878. The molecule has 0 aliphatic rings. The number of hydrogen-bond donors (Lipinski definition) is 1. The molecule has 0 radical (unpaired) electrons. The van der Waals surface area contributed by atoms with E-state index in [2.05, 4.69) is 0 Å². The molecule has 0 spiro atoms. The van der Waals surface area contributed by atoms with E-state index in [1.165, 1.54) is 30.4 Å². The van der Waals surface area contributed by atoms with Crippen LogP contribution in [-0.2, 0) is 0 Å². The molecule has 2 rings (SSSR count). The Morgan fingerprint density at radius 2 is 1.94 bits per heavy atom. The zero-order chi connectivity index (χ0) is 12.6. The number of benzene rings is 1. The van der Waals surface area contributed by atoms with Gasteiger partial charge in [-0.1, -0.05) is 23.7 Å². The van der Waals surface area contributed by atoms with Crippen LogP contribution in [0.25, 0.3) is 0 Å².